The average Bonchev–Trinajstić information content (AvgIpc) is 1.82. The first-order chi connectivity index (χ1) is 4.61. The highest BCUT2D eigenvalue weighted by atomic mass is 35.5. The molecule has 0 amide bonds. The third kappa shape index (κ3) is 1.19. The van der Waals surface area contributed by atoms with Gasteiger partial charge in [0.2, 0.25) is 0 Å². The smallest absolute Gasteiger partial charge is 0.170 e. The van der Waals surface area contributed by atoms with Crippen molar-refractivity contribution in [3.8, 4) is 0 Å². The van der Waals surface area contributed by atoms with E-state index in [0.29, 0.717) is 10.4 Å². The third-order valence-electron chi connectivity index (χ3n) is 0.904. The number of hydrazine groups is 3. The second-order valence-corrected chi connectivity index (χ2v) is 2.03. The lowest BCUT2D eigenvalue weighted by Gasteiger charge is -2.29. The minimum absolute atomic E-state index is 0.179. The molecule has 5 N–H and O–H groups in total. The van der Waals surface area contributed by atoms with E-state index < -0.39 is 0 Å². The molecule has 6 nitrogen and oxygen atoms in total. The molecule has 0 fully saturated rings. The Kier molecular flexibility index (Phi) is 1.77. The molecule has 0 unspecified atom stereocenters. The van der Waals surface area contributed by atoms with E-state index in [0.717, 1.165) is 0 Å². The number of nitrogens with zero attached hydrogens (tertiary/aromatic N) is 2. The van der Waals surface area contributed by atoms with Crippen molar-refractivity contribution in [2.75, 3.05) is 0 Å². The Bertz CT molecular complexity index is 191. The summed E-state index contributed by atoms with van der Waals surface area (Å²) in [6, 6.07) is 0. The first kappa shape index (κ1) is 7.29. The molecule has 1 rings (SSSR count). The molecule has 0 radical (unpaired) electrons. The van der Waals surface area contributed by atoms with Crippen LogP contribution in [0.3, 0.4) is 0 Å². The van der Waals surface area contributed by atoms with Gasteiger partial charge in [-0.1, -0.05) is 11.6 Å². The SMILES string of the molecule is N=C1C=C(Cl)NN(N)N1O. The average molecular weight is 164 g/mol. The number of hydrogen-bond donors (Lipinski definition) is 4. The Labute approximate surface area is 61.8 Å². The van der Waals surface area contributed by atoms with Gasteiger partial charge in [0.05, 0.1) is 0 Å². The minimum Gasteiger partial charge on any atom is -0.281 e. The van der Waals surface area contributed by atoms with Gasteiger partial charge < -0.3 is 0 Å². The molecule has 0 saturated carbocycles. The Morgan fingerprint density at radius 2 is 2.40 bits per heavy atom. The predicted molar refractivity (Wildman–Crippen MR) is 34.5 cm³/mol. The van der Waals surface area contributed by atoms with Crippen LogP contribution < -0.4 is 11.3 Å². The monoisotopic (exact) mass is 163 g/mol. The molecule has 1 heterocycles. The first-order valence-corrected chi connectivity index (χ1v) is 2.75. The topological polar surface area (TPSA) is 88.6 Å². The summed E-state index contributed by atoms with van der Waals surface area (Å²) < 4.78 is 0. The van der Waals surface area contributed by atoms with Crippen molar-refractivity contribution in [3.05, 3.63) is 11.2 Å². The minimum atomic E-state index is -0.203. The van der Waals surface area contributed by atoms with E-state index in [-0.39, 0.29) is 11.0 Å². The molecule has 0 atom stereocenters. The van der Waals surface area contributed by atoms with Crippen molar-refractivity contribution in [2.24, 2.45) is 5.84 Å². The second-order valence-electron chi connectivity index (χ2n) is 1.62. The third-order valence-corrected chi connectivity index (χ3v) is 1.10. The van der Waals surface area contributed by atoms with E-state index in [2.05, 4.69) is 5.43 Å². The maximum atomic E-state index is 8.81. The maximum Gasteiger partial charge on any atom is 0.170 e. The molecule has 0 aliphatic carbocycles. The van der Waals surface area contributed by atoms with Gasteiger partial charge in [-0.25, -0.2) is 5.84 Å². The molecule has 1 aliphatic rings. The van der Waals surface area contributed by atoms with Crippen LogP contribution in [-0.4, -0.2) is 21.4 Å². The van der Waals surface area contributed by atoms with Gasteiger partial charge in [-0.05, 0) is 5.23 Å². The molecule has 7 heteroatoms. The molecule has 0 saturated heterocycles. The van der Waals surface area contributed by atoms with Crippen molar-refractivity contribution in [2.45, 2.75) is 0 Å². The summed E-state index contributed by atoms with van der Waals surface area (Å²) in [5, 5.41) is 17.1. The fraction of sp³-hybridized carbons (Fsp3) is 0. The van der Waals surface area contributed by atoms with E-state index in [4.69, 9.17) is 28.1 Å². The lowest BCUT2D eigenvalue weighted by Crippen LogP contribution is -2.57. The van der Waals surface area contributed by atoms with Crippen molar-refractivity contribution in [1.82, 2.24) is 15.8 Å². The van der Waals surface area contributed by atoms with Crippen LogP contribution in [-0.2, 0) is 0 Å². The van der Waals surface area contributed by atoms with Crippen LogP contribution >= 0.6 is 11.6 Å². The zero-order chi connectivity index (χ0) is 7.72. The summed E-state index contributed by atoms with van der Waals surface area (Å²) in [6.07, 6.45) is 1.21. The predicted octanol–water partition coefficient (Wildman–Crippen LogP) is -0.656. The Balaban J connectivity index is 2.79. The van der Waals surface area contributed by atoms with Gasteiger partial charge in [0.1, 0.15) is 5.16 Å². The second kappa shape index (κ2) is 2.43. The van der Waals surface area contributed by atoms with Gasteiger partial charge in [0.25, 0.3) is 0 Å². The number of hydroxylamine groups is 1. The molecule has 0 aromatic carbocycles. The molecule has 0 spiro atoms. The van der Waals surface area contributed by atoms with E-state index >= 15 is 0 Å². The highest BCUT2D eigenvalue weighted by molar-refractivity contribution is 6.30. The normalized spacial score (nSPS) is 20.5. The van der Waals surface area contributed by atoms with Crippen LogP contribution in [0.5, 0.6) is 0 Å². The van der Waals surface area contributed by atoms with Crippen molar-refractivity contribution in [3.63, 3.8) is 0 Å². The quantitative estimate of drug-likeness (QED) is 0.281. The van der Waals surface area contributed by atoms with Gasteiger partial charge in [-0.3, -0.25) is 16.0 Å². The van der Waals surface area contributed by atoms with E-state index in [1.807, 2.05) is 0 Å². The number of halogens is 1. The summed E-state index contributed by atoms with van der Waals surface area (Å²) in [4.78, 5) is 0. The molecular weight excluding hydrogens is 158 g/mol. The molecule has 0 aromatic rings. The largest absolute Gasteiger partial charge is 0.281 e. The van der Waals surface area contributed by atoms with Gasteiger partial charge >= 0.3 is 0 Å². The van der Waals surface area contributed by atoms with Gasteiger partial charge in [0.15, 0.2) is 5.84 Å². The van der Waals surface area contributed by atoms with E-state index in [1.165, 1.54) is 6.08 Å². The van der Waals surface area contributed by atoms with Crippen LogP contribution in [0.2, 0.25) is 0 Å². The molecule has 1 aliphatic heterocycles. The van der Waals surface area contributed by atoms with Crippen molar-refractivity contribution < 1.29 is 5.21 Å². The molecule has 10 heavy (non-hydrogen) atoms. The van der Waals surface area contributed by atoms with E-state index in [9.17, 15) is 0 Å². The highest BCUT2D eigenvalue weighted by Crippen LogP contribution is 2.04. The van der Waals surface area contributed by atoms with Gasteiger partial charge in [-0.2, -0.15) is 0 Å². The van der Waals surface area contributed by atoms with Gasteiger partial charge in [-0.15, -0.1) is 5.17 Å². The van der Waals surface area contributed by atoms with Crippen LogP contribution in [0.1, 0.15) is 0 Å². The molecular formula is C3H6ClN5O. The first-order valence-electron chi connectivity index (χ1n) is 2.37. The number of hydrogen-bond acceptors (Lipinski definition) is 5. The van der Waals surface area contributed by atoms with Crippen LogP contribution in [0.15, 0.2) is 11.2 Å². The summed E-state index contributed by atoms with van der Waals surface area (Å²) in [6.45, 7) is 0. The van der Waals surface area contributed by atoms with Crippen LogP contribution in [0, 0.1) is 5.41 Å². The number of amidine groups is 1. The highest BCUT2D eigenvalue weighted by Gasteiger charge is 2.17. The maximum absolute atomic E-state index is 8.81. The zero-order valence-corrected chi connectivity index (χ0v) is 5.63. The summed E-state index contributed by atoms with van der Waals surface area (Å²) >= 11 is 5.42. The molecule has 56 valence electrons. The molecule has 0 aromatic heterocycles. The number of nitrogens with one attached hydrogen (secondary N) is 2. The Morgan fingerprint density at radius 1 is 1.80 bits per heavy atom. The zero-order valence-electron chi connectivity index (χ0n) is 4.87. The Hall–Kier alpha value is -0.820. The summed E-state index contributed by atoms with van der Waals surface area (Å²) in [5.74, 6) is 4.89. The fourth-order valence-electron chi connectivity index (χ4n) is 0.483. The lowest BCUT2D eigenvalue weighted by atomic mass is 10.5. The standard InChI is InChI=1S/C3H6ClN5O/c4-2-1-3(5)8(10)9(6)7-2/h1,5,7,10H,6H2. The molecule has 0 bridgehead atoms. The van der Waals surface area contributed by atoms with E-state index in [1.54, 1.807) is 0 Å². The lowest BCUT2D eigenvalue weighted by molar-refractivity contribution is -0.209. The number of nitrogens with two attached hydrogens (primary N) is 1. The summed E-state index contributed by atoms with van der Waals surface area (Å²) in [7, 11) is 0. The van der Waals surface area contributed by atoms with Crippen LogP contribution in [0.25, 0.3) is 0 Å². The Morgan fingerprint density at radius 3 is 2.90 bits per heavy atom. The van der Waals surface area contributed by atoms with Crippen molar-refractivity contribution in [1.29, 1.82) is 5.41 Å². The summed E-state index contributed by atoms with van der Waals surface area (Å²) in [5.41, 5.74) is 2.33. The van der Waals surface area contributed by atoms with Crippen molar-refractivity contribution >= 4 is 17.4 Å². The number of rotatable bonds is 0. The van der Waals surface area contributed by atoms with Gasteiger partial charge in [0, 0.05) is 6.08 Å². The van der Waals surface area contributed by atoms with Crippen LogP contribution in [0.4, 0.5) is 0 Å². The fourth-order valence-corrected chi connectivity index (χ4v) is 0.673.